The van der Waals surface area contributed by atoms with Crippen LogP contribution in [0, 0.1) is 10.1 Å². The van der Waals surface area contributed by atoms with Gasteiger partial charge in [-0.25, -0.2) is 4.98 Å². The molecule has 0 fully saturated rings. The molecule has 0 spiro atoms. The van der Waals surface area contributed by atoms with E-state index < -0.39 is 10.3 Å². The van der Waals surface area contributed by atoms with Gasteiger partial charge in [0.2, 0.25) is 5.75 Å². The molecule has 168 valence electrons. The Morgan fingerprint density at radius 3 is 2.47 bits per heavy atom. The fourth-order valence-electron chi connectivity index (χ4n) is 3.06. The van der Waals surface area contributed by atoms with Crippen molar-refractivity contribution in [3.63, 3.8) is 0 Å². The molecule has 0 saturated heterocycles. The zero-order chi connectivity index (χ0) is 23.8. The molecule has 0 aliphatic rings. The normalized spacial score (nSPS) is 12.1. The van der Waals surface area contributed by atoms with Crippen LogP contribution in [0.4, 0.5) is 5.69 Å². The lowest BCUT2D eigenvalue weighted by molar-refractivity contribution is -0.386. The maximum atomic E-state index is 13.3. The molecule has 0 saturated carbocycles. The second-order valence-corrected chi connectivity index (χ2v) is 10.3. The third-order valence-electron chi connectivity index (χ3n) is 4.40. The van der Waals surface area contributed by atoms with Crippen LogP contribution in [0.2, 0.25) is 0 Å². The third-order valence-corrected chi connectivity index (χ3v) is 5.36. The van der Waals surface area contributed by atoms with Gasteiger partial charge in [0.1, 0.15) is 5.82 Å². The van der Waals surface area contributed by atoms with Gasteiger partial charge in [0.25, 0.3) is 5.56 Å². The minimum Gasteiger partial charge on any atom is -0.484 e. The summed E-state index contributed by atoms with van der Waals surface area (Å²) >= 11 is 6.69. The minimum absolute atomic E-state index is 0.0822. The van der Waals surface area contributed by atoms with E-state index in [1.165, 1.54) is 17.0 Å². The first kappa shape index (κ1) is 24.1. The van der Waals surface area contributed by atoms with Crippen molar-refractivity contribution in [3.8, 4) is 5.75 Å². The molecule has 0 aliphatic heterocycles. The second-order valence-electron chi connectivity index (χ2n) is 8.48. The number of halogens is 2. The number of hydrogen-bond donors (Lipinski definition) is 0. The van der Waals surface area contributed by atoms with E-state index in [2.05, 4.69) is 41.9 Å². The van der Waals surface area contributed by atoms with E-state index >= 15 is 0 Å². The number of nitrogens with zero attached hydrogens (tertiary/aromatic N) is 4. The number of nitro groups is 1. The molecule has 2 aromatic carbocycles. The van der Waals surface area contributed by atoms with Crippen LogP contribution in [0.25, 0.3) is 10.9 Å². The van der Waals surface area contributed by atoms with Crippen LogP contribution in [0.1, 0.15) is 46.0 Å². The molecule has 3 aromatic rings. The largest absolute Gasteiger partial charge is 0.484 e. The van der Waals surface area contributed by atoms with Crippen molar-refractivity contribution in [2.45, 2.75) is 46.1 Å². The summed E-state index contributed by atoms with van der Waals surface area (Å²) in [5.41, 5.74) is -0.0951. The summed E-state index contributed by atoms with van der Waals surface area (Å²) in [6.45, 7) is 9.36. The van der Waals surface area contributed by atoms with Gasteiger partial charge in [0, 0.05) is 26.0 Å². The second kappa shape index (κ2) is 9.11. The average Bonchev–Trinajstić information content (AvgIpc) is 2.67. The van der Waals surface area contributed by atoms with Gasteiger partial charge in [-0.1, -0.05) is 52.6 Å². The van der Waals surface area contributed by atoms with Crippen molar-refractivity contribution in [1.82, 2.24) is 9.66 Å². The van der Waals surface area contributed by atoms with E-state index in [1.54, 1.807) is 32.0 Å². The Morgan fingerprint density at radius 1 is 1.19 bits per heavy atom. The quantitative estimate of drug-likeness (QED) is 0.221. The van der Waals surface area contributed by atoms with Gasteiger partial charge in [0.15, 0.2) is 0 Å². The van der Waals surface area contributed by atoms with Gasteiger partial charge in [-0.2, -0.15) is 9.78 Å². The summed E-state index contributed by atoms with van der Waals surface area (Å²) in [6, 6.07) is 8.32. The van der Waals surface area contributed by atoms with Crippen molar-refractivity contribution < 1.29 is 9.66 Å². The van der Waals surface area contributed by atoms with Crippen LogP contribution in [0.3, 0.4) is 0 Å². The van der Waals surface area contributed by atoms with Crippen molar-refractivity contribution >= 4 is 54.7 Å². The standard InChI is InChI=1S/C22H22Br2N4O4/c1-12(2)32-19-13(8-15(24)10-18(19)28(30)31)11-25-27-20(29)16-9-14(23)6-7-17(16)26-21(27)22(3,4)5/h6-12H,1-5H3. The van der Waals surface area contributed by atoms with Gasteiger partial charge in [0.05, 0.1) is 28.1 Å². The van der Waals surface area contributed by atoms with Crippen LogP contribution in [0.15, 0.2) is 49.2 Å². The monoisotopic (exact) mass is 564 g/mol. The molecule has 0 unspecified atom stereocenters. The Hall–Kier alpha value is -2.59. The third kappa shape index (κ3) is 5.07. The highest BCUT2D eigenvalue weighted by Crippen LogP contribution is 2.34. The molecular formula is C22H22Br2N4O4. The van der Waals surface area contributed by atoms with Crippen LogP contribution < -0.4 is 10.3 Å². The molecule has 1 heterocycles. The number of hydrogen-bond acceptors (Lipinski definition) is 6. The highest BCUT2D eigenvalue weighted by Gasteiger charge is 2.24. The summed E-state index contributed by atoms with van der Waals surface area (Å²) in [5.74, 6) is 0.545. The fourth-order valence-corrected chi connectivity index (χ4v) is 3.88. The summed E-state index contributed by atoms with van der Waals surface area (Å²) in [7, 11) is 0. The first-order chi connectivity index (χ1) is 14.9. The topological polar surface area (TPSA) is 99.6 Å². The molecule has 8 nitrogen and oxygen atoms in total. The first-order valence-electron chi connectivity index (χ1n) is 9.80. The van der Waals surface area contributed by atoms with E-state index in [1.807, 2.05) is 26.8 Å². The molecular weight excluding hydrogens is 544 g/mol. The molecule has 1 aromatic heterocycles. The molecule has 0 radical (unpaired) electrons. The molecule has 3 rings (SSSR count). The molecule has 0 amide bonds. The summed E-state index contributed by atoms with van der Waals surface area (Å²) < 4.78 is 8.21. The van der Waals surface area contributed by atoms with E-state index in [4.69, 9.17) is 4.74 Å². The van der Waals surface area contributed by atoms with Gasteiger partial charge >= 0.3 is 5.69 Å². The SMILES string of the molecule is CC(C)Oc1c(C=Nn2c(C(C)(C)C)nc3ccc(Br)cc3c2=O)cc(Br)cc1[N+](=O)[O-]. The summed E-state index contributed by atoms with van der Waals surface area (Å²) in [5, 5.41) is 16.4. The molecule has 0 atom stereocenters. The number of fused-ring (bicyclic) bond motifs is 1. The Balaban J connectivity index is 2.28. The van der Waals surface area contributed by atoms with E-state index in [-0.39, 0.29) is 23.1 Å². The smallest absolute Gasteiger partial charge is 0.312 e. The number of rotatable bonds is 5. The van der Waals surface area contributed by atoms with Crippen LogP contribution in [-0.4, -0.2) is 26.9 Å². The molecule has 0 aliphatic carbocycles. The average molecular weight is 566 g/mol. The lowest BCUT2D eigenvalue weighted by Gasteiger charge is -2.21. The van der Waals surface area contributed by atoms with E-state index in [0.29, 0.717) is 26.8 Å². The number of nitro benzene ring substituents is 1. The number of benzene rings is 2. The maximum Gasteiger partial charge on any atom is 0.312 e. The Labute approximate surface area is 201 Å². The summed E-state index contributed by atoms with van der Waals surface area (Å²) in [6.07, 6.45) is 1.09. The predicted molar refractivity (Wildman–Crippen MR) is 132 cm³/mol. The molecule has 0 N–H and O–H groups in total. The Morgan fingerprint density at radius 2 is 1.88 bits per heavy atom. The first-order valence-corrected chi connectivity index (χ1v) is 11.4. The van der Waals surface area contributed by atoms with Crippen LogP contribution in [0.5, 0.6) is 5.75 Å². The molecule has 0 bridgehead atoms. The lowest BCUT2D eigenvalue weighted by Crippen LogP contribution is -2.29. The van der Waals surface area contributed by atoms with Crippen molar-refractivity contribution in [1.29, 1.82) is 0 Å². The summed E-state index contributed by atoms with van der Waals surface area (Å²) in [4.78, 5) is 29.1. The molecule has 10 heteroatoms. The lowest BCUT2D eigenvalue weighted by atomic mass is 9.95. The predicted octanol–water partition coefficient (Wildman–Crippen LogP) is 5.80. The van der Waals surface area contributed by atoms with Crippen molar-refractivity contribution in [3.05, 3.63) is 71.1 Å². The fraction of sp³-hybridized carbons (Fsp3) is 0.318. The van der Waals surface area contributed by atoms with Crippen molar-refractivity contribution in [2.24, 2.45) is 5.10 Å². The zero-order valence-electron chi connectivity index (χ0n) is 18.2. The zero-order valence-corrected chi connectivity index (χ0v) is 21.4. The van der Waals surface area contributed by atoms with E-state index in [0.717, 1.165) is 4.47 Å². The minimum atomic E-state index is -0.512. The number of aromatic nitrogens is 2. The number of ether oxygens (including phenoxy) is 1. The molecule has 32 heavy (non-hydrogen) atoms. The van der Waals surface area contributed by atoms with Gasteiger partial charge in [-0.3, -0.25) is 14.9 Å². The Bertz CT molecular complexity index is 1290. The highest BCUT2D eigenvalue weighted by atomic mass is 79.9. The van der Waals surface area contributed by atoms with E-state index in [9.17, 15) is 14.9 Å². The van der Waals surface area contributed by atoms with Gasteiger partial charge < -0.3 is 4.74 Å². The Kier molecular flexibility index (Phi) is 6.85. The van der Waals surface area contributed by atoms with Gasteiger partial charge in [-0.05, 0) is 38.1 Å². The maximum absolute atomic E-state index is 13.3. The van der Waals surface area contributed by atoms with Crippen LogP contribution in [-0.2, 0) is 5.41 Å². The van der Waals surface area contributed by atoms with Crippen molar-refractivity contribution in [2.75, 3.05) is 0 Å². The van der Waals surface area contributed by atoms with Crippen LogP contribution >= 0.6 is 31.9 Å². The highest BCUT2D eigenvalue weighted by molar-refractivity contribution is 9.10. The van der Waals surface area contributed by atoms with Gasteiger partial charge in [-0.15, -0.1) is 0 Å².